The lowest BCUT2D eigenvalue weighted by Gasteiger charge is -2.01. The van der Waals surface area contributed by atoms with Gasteiger partial charge >= 0.3 is 0 Å². The summed E-state index contributed by atoms with van der Waals surface area (Å²) in [5, 5.41) is 22.9. The molecule has 1 heterocycles. The number of para-hydroxylation sites is 1. The Hall–Kier alpha value is -2.84. The van der Waals surface area contributed by atoms with Crippen molar-refractivity contribution in [2.24, 2.45) is 0 Å². The Kier molecular flexibility index (Phi) is 4.50. The molecule has 24 heavy (non-hydrogen) atoms. The van der Waals surface area contributed by atoms with Crippen LogP contribution in [-0.2, 0) is 0 Å². The number of nitro benzene ring substituents is 1. The zero-order valence-corrected chi connectivity index (χ0v) is 13.5. The Labute approximate surface area is 145 Å². The molecule has 0 saturated heterocycles. The van der Waals surface area contributed by atoms with Crippen molar-refractivity contribution in [2.75, 3.05) is 5.32 Å². The van der Waals surface area contributed by atoms with Gasteiger partial charge in [0.05, 0.1) is 4.92 Å². The van der Waals surface area contributed by atoms with Gasteiger partial charge in [0.15, 0.2) is 0 Å². The number of carbonyl (C=O) groups is 1. The van der Waals surface area contributed by atoms with E-state index in [1.54, 1.807) is 30.3 Å². The van der Waals surface area contributed by atoms with Gasteiger partial charge in [0, 0.05) is 16.7 Å². The molecule has 0 aliphatic rings. The number of carbonyl (C=O) groups excluding carboxylic acids is 1. The van der Waals surface area contributed by atoms with Gasteiger partial charge in [0.2, 0.25) is 5.13 Å². The normalized spacial score (nSPS) is 10.4. The largest absolute Gasteiger partial charge is 0.296 e. The second-order valence-electron chi connectivity index (χ2n) is 4.65. The molecule has 0 unspecified atom stereocenters. The van der Waals surface area contributed by atoms with Gasteiger partial charge in [-0.05, 0) is 18.2 Å². The minimum Gasteiger partial charge on any atom is -0.296 e. The van der Waals surface area contributed by atoms with Crippen LogP contribution in [0.5, 0.6) is 0 Å². The van der Waals surface area contributed by atoms with Gasteiger partial charge < -0.3 is 0 Å². The van der Waals surface area contributed by atoms with Crippen molar-refractivity contribution in [3.63, 3.8) is 0 Å². The second-order valence-corrected chi connectivity index (χ2v) is 6.06. The number of anilines is 1. The molecule has 3 aromatic rings. The maximum absolute atomic E-state index is 12.2. The topological polar surface area (TPSA) is 98.0 Å². The Morgan fingerprint density at radius 1 is 1.12 bits per heavy atom. The lowest BCUT2D eigenvalue weighted by molar-refractivity contribution is -0.385. The highest BCUT2D eigenvalue weighted by Gasteiger charge is 2.20. The molecule has 2 aromatic carbocycles. The van der Waals surface area contributed by atoms with E-state index in [-0.39, 0.29) is 16.4 Å². The number of nitro groups is 1. The molecular formula is C15H9ClN4O3S. The highest BCUT2D eigenvalue weighted by Crippen LogP contribution is 2.28. The summed E-state index contributed by atoms with van der Waals surface area (Å²) in [7, 11) is 0. The predicted molar refractivity (Wildman–Crippen MR) is 91.4 cm³/mol. The molecule has 3 rings (SSSR count). The molecule has 0 spiro atoms. The number of hydrogen-bond donors (Lipinski definition) is 1. The van der Waals surface area contributed by atoms with E-state index in [2.05, 4.69) is 15.5 Å². The minimum absolute atomic E-state index is 0.0363. The Balaban J connectivity index is 1.81. The summed E-state index contributed by atoms with van der Waals surface area (Å²) in [5.41, 5.74) is 0.506. The number of amides is 1. The van der Waals surface area contributed by atoms with Gasteiger partial charge in [-0.2, -0.15) is 0 Å². The van der Waals surface area contributed by atoms with Crippen LogP contribution in [0, 0.1) is 10.1 Å². The summed E-state index contributed by atoms with van der Waals surface area (Å²) in [6.45, 7) is 0. The van der Waals surface area contributed by atoms with E-state index >= 15 is 0 Å². The summed E-state index contributed by atoms with van der Waals surface area (Å²) >= 11 is 7.00. The average Bonchev–Trinajstić information content (AvgIpc) is 3.04. The van der Waals surface area contributed by atoms with Crippen molar-refractivity contribution in [2.45, 2.75) is 0 Å². The van der Waals surface area contributed by atoms with Crippen molar-refractivity contribution >= 4 is 39.7 Å². The monoisotopic (exact) mass is 360 g/mol. The van der Waals surface area contributed by atoms with E-state index in [0.29, 0.717) is 10.0 Å². The molecule has 0 atom stereocenters. The first-order valence-electron chi connectivity index (χ1n) is 6.69. The summed E-state index contributed by atoms with van der Waals surface area (Å²) in [6.07, 6.45) is 0. The fraction of sp³-hybridized carbons (Fsp3) is 0. The molecule has 1 N–H and O–H groups in total. The SMILES string of the molecule is O=C(Nc1nnc(-c2ccc(Cl)cc2)s1)c1ccccc1[N+](=O)[O-]. The Bertz CT molecular complexity index is 911. The Morgan fingerprint density at radius 2 is 1.83 bits per heavy atom. The van der Waals surface area contributed by atoms with Crippen LogP contribution in [0.4, 0.5) is 10.8 Å². The fourth-order valence-corrected chi connectivity index (χ4v) is 2.84. The molecule has 0 fully saturated rings. The molecule has 0 aliphatic heterocycles. The summed E-state index contributed by atoms with van der Waals surface area (Å²) in [4.78, 5) is 22.6. The van der Waals surface area contributed by atoms with Crippen molar-refractivity contribution in [1.29, 1.82) is 0 Å². The maximum Gasteiger partial charge on any atom is 0.282 e. The van der Waals surface area contributed by atoms with E-state index in [9.17, 15) is 14.9 Å². The zero-order valence-electron chi connectivity index (χ0n) is 12.0. The molecule has 120 valence electrons. The lowest BCUT2D eigenvalue weighted by Crippen LogP contribution is -2.13. The third-order valence-electron chi connectivity index (χ3n) is 3.08. The molecule has 9 heteroatoms. The Morgan fingerprint density at radius 3 is 2.54 bits per heavy atom. The minimum atomic E-state index is -0.610. The number of rotatable bonds is 4. The van der Waals surface area contributed by atoms with Gasteiger partial charge in [0.25, 0.3) is 11.6 Å². The third-order valence-corrected chi connectivity index (χ3v) is 4.22. The lowest BCUT2D eigenvalue weighted by atomic mass is 10.1. The van der Waals surface area contributed by atoms with Gasteiger partial charge in [0.1, 0.15) is 10.6 Å². The second kappa shape index (κ2) is 6.73. The van der Waals surface area contributed by atoms with E-state index in [0.717, 1.165) is 16.9 Å². The molecule has 0 radical (unpaired) electrons. The predicted octanol–water partition coefficient (Wildman–Crippen LogP) is 4.02. The number of halogens is 1. The fourth-order valence-electron chi connectivity index (χ4n) is 1.97. The van der Waals surface area contributed by atoms with E-state index in [1.165, 1.54) is 18.2 Å². The molecule has 0 saturated carbocycles. The first-order chi connectivity index (χ1) is 11.5. The van der Waals surface area contributed by atoms with Crippen molar-refractivity contribution < 1.29 is 9.72 Å². The highest BCUT2D eigenvalue weighted by atomic mass is 35.5. The molecular weight excluding hydrogens is 352 g/mol. The van der Waals surface area contributed by atoms with E-state index in [4.69, 9.17) is 11.6 Å². The smallest absolute Gasteiger partial charge is 0.282 e. The number of benzene rings is 2. The first kappa shape index (κ1) is 16.0. The maximum atomic E-state index is 12.2. The van der Waals surface area contributed by atoms with Gasteiger partial charge in [-0.25, -0.2) is 0 Å². The van der Waals surface area contributed by atoms with Crippen molar-refractivity contribution in [3.05, 3.63) is 69.2 Å². The quantitative estimate of drug-likeness (QED) is 0.559. The zero-order chi connectivity index (χ0) is 17.1. The van der Waals surface area contributed by atoms with Gasteiger partial charge in [-0.1, -0.05) is 47.2 Å². The van der Waals surface area contributed by atoms with Crippen LogP contribution >= 0.6 is 22.9 Å². The van der Waals surface area contributed by atoms with Crippen molar-refractivity contribution in [3.8, 4) is 10.6 Å². The number of nitrogens with zero attached hydrogens (tertiary/aromatic N) is 3. The van der Waals surface area contributed by atoms with Crippen LogP contribution in [0.25, 0.3) is 10.6 Å². The summed E-state index contributed by atoms with van der Waals surface area (Å²) in [6, 6.07) is 12.7. The van der Waals surface area contributed by atoms with Crippen LogP contribution in [0.15, 0.2) is 48.5 Å². The molecule has 0 bridgehead atoms. The standard InChI is InChI=1S/C15H9ClN4O3S/c16-10-7-5-9(6-8-10)14-18-19-15(24-14)17-13(21)11-3-1-2-4-12(11)20(22)23/h1-8H,(H,17,19,21). The first-order valence-corrected chi connectivity index (χ1v) is 7.88. The molecule has 0 aliphatic carbocycles. The van der Waals surface area contributed by atoms with Gasteiger partial charge in [-0.15, -0.1) is 10.2 Å². The van der Waals surface area contributed by atoms with Crippen LogP contribution in [0.3, 0.4) is 0 Å². The molecule has 1 amide bonds. The van der Waals surface area contributed by atoms with Crippen LogP contribution < -0.4 is 5.32 Å². The number of hydrogen-bond acceptors (Lipinski definition) is 6. The third kappa shape index (κ3) is 3.39. The van der Waals surface area contributed by atoms with Crippen LogP contribution in [0.2, 0.25) is 5.02 Å². The molecule has 7 nitrogen and oxygen atoms in total. The average molecular weight is 361 g/mol. The van der Waals surface area contributed by atoms with Gasteiger partial charge in [-0.3, -0.25) is 20.2 Å². The van der Waals surface area contributed by atoms with E-state index in [1.807, 2.05) is 0 Å². The molecule has 1 aromatic heterocycles. The van der Waals surface area contributed by atoms with Crippen LogP contribution in [0.1, 0.15) is 10.4 Å². The van der Waals surface area contributed by atoms with Crippen LogP contribution in [-0.4, -0.2) is 21.0 Å². The summed E-state index contributed by atoms with van der Waals surface area (Å²) < 4.78 is 0. The summed E-state index contributed by atoms with van der Waals surface area (Å²) in [5.74, 6) is -0.610. The number of aromatic nitrogens is 2. The number of nitrogens with one attached hydrogen (secondary N) is 1. The van der Waals surface area contributed by atoms with E-state index < -0.39 is 10.8 Å². The highest BCUT2D eigenvalue weighted by molar-refractivity contribution is 7.18. The van der Waals surface area contributed by atoms with Crippen molar-refractivity contribution in [1.82, 2.24) is 10.2 Å².